The van der Waals surface area contributed by atoms with Gasteiger partial charge in [0.2, 0.25) is 0 Å². The first-order valence-electron chi connectivity index (χ1n) is 11.7. The van der Waals surface area contributed by atoms with Crippen LogP contribution in [0, 0.1) is 6.92 Å². The van der Waals surface area contributed by atoms with E-state index >= 15 is 0 Å². The summed E-state index contributed by atoms with van der Waals surface area (Å²) in [5, 5.41) is 7.90. The van der Waals surface area contributed by atoms with Gasteiger partial charge in [-0.25, -0.2) is 4.63 Å². The Labute approximate surface area is 193 Å². The summed E-state index contributed by atoms with van der Waals surface area (Å²) >= 11 is 0. The van der Waals surface area contributed by atoms with Crippen molar-refractivity contribution < 1.29 is 14.2 Å². The van der Waals surface area contributed by atoms with Crippen molar-refractivity contribution in [1.29, 1.82) is 0 Å². The Hall–Kier alpha value is -3.26. The molecule has 2 saturated heterocycles. The number of rotatable bonds is 6. The first kappa shape index (κ1) is 21.6. The molecule has 2 aliphatic heterocycles. The zero-order valence-electron chi connectivity index (χ0n) is 18.9. The number of hydrogen-bond acceptors (Lipinski definition) is 7. The predicted molar refractivity (Wildman–Crippen MR) is 122 cm³/mol. The Kier molecular flexibility index (Phi) is 6.35. The van der Waals surface area contributed by atoms with Crippen molar-refractivity contribution in [2.45, 2.75) is 51.3 Å². The highest BCUT2D eigenvalue weighted by atomic mass is 16.6. The van der Waals surface area contributed by atoms with Crippen molar-refractivity contribution in [3.05, 3.63) is 71.3 Å². The number of carbonyl (C=O) groups excluding carboxylic acids is 1. The van der Waals surface area contributed by atoms with Crippen LogP contribution in [0.1, 0.15) is 59.2 Å². The van der Waals surface area contributed by atoms with Crippen LogP contribution in [0.5, 0.6) is 5.75 Å². The third kappa shape index (κ3) is 4.90. The number of aryl methyl sites for hydroxylation is 1. The van der Waals surface area contributed by atoms with E-state index in [1.807, 2.05) is 54.4 Å². The van der Waals surface area contributed by atoms with Gasteiger partial charge < -0.3 is 9.64 Å². The van der Waals surface area contributed by atoms with Crippen molar-refractivity contribution in [1.82, 2.24) is 25.1 Å². The molecule has 4 heterocycles. The molecule has 1 aromatic carbocycles. The van der Waals surface area contributed by atoms with Crippen molar-refractivity contribution in [3.63, 3.8) is 0 Å². The van der Waals surface area contributed by atoms with Gasteiger partial charge in [0.15, 0.2) is 0 Å². The summed E-state index contributed by atoms with van der Waals surface area (Å²) in [6, 6.07) is 13.5. The lowest BCUT2D eigenvalue weighted by molar-refractivity contribution is 0.0730. The third-order valence-electron chi connectivity index (χ3n) is 6.57. The lowest BCUT2D eigenvalue weighted by Gasteiger charge is -2.32. The first-order chi connectivity index (χ1) is 16.2. The second-order valence-corrected chi connectivity index (χ2v) is 8.83. The maximum absolute atomic E-state index is 13.1. The molecule has 33 heavy (non-hydrogen) atoms. The Morgan fingerprint density at radius 2 is 1.88 bits per heavy atom. The maximum Gasteiger partial charge on any atom is 0.254 e. The molecule has 0 spiro atoms. The molecule has 1 amide bonds. The minimum atomic E-state index is -0.0732. The third-order valence-corrected chi connectivity index (χ3v) is 6.57. The van der Waals surface area contributed by atoms with Gasteiger partial charge in [-0.2, -0.15) is 0 Å². The number of aromatic nitrogens is 3. The Morgan fingerprint density at radius 1 is 1.06 bits per heavy atom. The summed E-state index contributed by atoms with van der Waals surface area (Å²) in [4.78, 5) is 21.9. The number of ether oxygens (including phenoxy) is 1. The molecule has 5 rings (SSSR count). The highest BCUT2D eigenvalue weighted by Gasteiger charge is 2.34. The number of likely N-dealkylation sites (tertiary alicyclic amines) is 2. The zero-order valence-corrected chi connectivity index (χ0v) is 18.9. The van der Waals surface area contributed by atoms with E-state index in [1.54, 1.807) is 0 Å². The average molecular weight is 448 g/mol. The molecular weight excluding hydrogens is 418 g/mol. The normalized spacial score (nSPS) is 19.7. The highest BCUT2D eigenvalue weighted by molar-refractivity contribution is 5.94. The van der Waals surface area contributed by atoms with Crippen molar-refractivity contribution in [3.8, 4) is 5.75 Å². The molecule has 3 aromatic rings. The summed E-state index contributed by atoms with van der Waals surface area (Å²) in [5.74, 6) is 0.818. The molecule has 0 unspecified atom stereocenters. The van der Waals surface area contributed by atoms with Crippen LogP contribution >= 0.6 is 0 Å². The summed E-state index contributed by atoms with van der Waals surface area (Å²) < 4.78 is 11.1. The Bertz CT molecular complexity index is 1060. The van der Waals surface area contributed by atoms with Gasteiger partial charge >= 0.3 is 0 Å². The molecule has 2 aromatic heterocycles. The molecular formula is C25H29N5O3. The summed E-state index contributed by atoms with van der Waals surface area (Å²) in [6.45, 7) is 5.44. The van der Waals surface area contributed by atoms with E-state index in [9.17, 15) is 4.79 Å². The van der Waals surface area contributed by atoms with Gasteiger partial charge in [-0.1, -0.05) is 16.4 Å². The lowest BCUT2D eigenvalue weighted by atomic mass is 10.1. The van der Waals surface area contributed by atoms with E-state index in [1.165, 1.54) is 0 Å². The quantitative estimate of drug-likeness (QED) is 0.568. The van der Waals surface area contributed by atoms with E-state index in [4.69, 9.17) is 9.37 Å². The monoisotopic (exact) mass is 447 g/mol. The number of benzene rings is 1. The van der Waals surface area contributed by atoms with Crippen LogP contribution in [0.2, 0.25) is 0 Å². The number of amides is 1. The van der Waals surface area contributed by atoms with Crippen molar-refractivity contribution >= 4 is 5.91 Å². The predicted octanol–water partition coefficient (Wildman–Crippen LogP) is 3.79. The fraction of sp³-hybridized carbons (Fsp3) is 0.440. The molecule has 8 heteroatoms. The molecule has 0 radical (unpaired) electrons. The average Bonchev–Trinajstić information content (AvgIpc) is 3.50. The smallest absolute Gasteiger partial charge is 0.254 e. The Balaban J connectivity index is 1.15. The van der Waals surface area contributed by atoms with Crippen LogP contribution in [0.4, 0.5) is 0 Å². The van der Waals surface area contributed by atoms with Gasteiger partial charge in [0.25, 0.3) is 5.91 Å². The highest BCUT2D eigenvalue weighted by Crippen LogP contribution is 2.33. The molecule has 8 nitrogen and oxygen atoms in total. The lowest BCUT2D eigenvalue weighted by Crippen LogP contribution is -2.38. The van der Waals surface area contributed by atoms with Crippen LogP contribution in [-0.2, 0) is 6.54 Å². The van der Waals surface area contributed by atoms with Crippen LogP contribution in [0.3, 0.4) is 0 Å². The fourth-order valence-corrected chi connectivity index (χ4v) is 4.77. The van der Waals surface area contributed by atoms with Crippen molar-refractivity contribution in [2.24, 2.45) is 0 Å². The molecule has 2 aliphatic rings. The van der Waals surface area contributed by atoms with E-state index < -0.39 is 0 Å². The largest absolute Gasteiger partial charge is 0.490 e. The number of piperidine rings is 1. The minimum Gasteiger partial charge on any atom is -0.490 e. The molecule has 1 atom stereocenters. The minimum absolute atomic E-state index is 0.00859. The molecule has 0 aliphatic carbocycles. The standard InChI is InChI=1S/C25H29N5O3/c1-18-24(28-33-27-18)23-6-4-14-30(23)25(31)19-7-9-21(10-8-19)32-22-11-15-29(16-12-22)17-20-5-2-3-13-26-20/h2-3,5,7-10,13,22-23H,4,6,11-12,14-17H2,1H3/t23-/m1/s1. The van der Waals surface area contributed by atoms with Gasteiger partial charge in [-0.3, -0.25) is 14.7 Å². The van der Waals surface area contributed by atoms with Gasteiger partial charge in [0.1, 0.15) is 23.2 Å². The summed E-state index contributed by atoms with van der Waals surface area (Å²) in [6.07, 6.45) is 5.82. The van der Waals surface area contributed by atoms with Crippen LogP contribution in [0.15, 0.2) is 53.3 Å². The molecule has 172 valence electrons. The zero-order chi connectivity index (χ0) is 22.6. The van der Waals surface area contributed by atoms with E-state index in [-0.39, 0.29) is 18.1 Å². The molecule has 0 saturated carbocycles. The number of pyridine rings is 1. The molecule has 2 fully saturated rings. The van der Waals surface area contributed by atoms with Gasteiger partial charge in [0, 0.05) is 37.9 Å². The van der Waals surface area contributed by atoms with Crippen LogP contribution in [0.25, 0.3) is 0 Å². The van der Waals surface area contributed by atoms with Gasteiger partial charge in [-0.05, 0) is 69.0 Å². The van der Waals surface area contributed by atoms with Gasteiger partial charge in [-0.15, -0.1) is 0 Å². The summed E-state index contributed by atoms with van der Waals surface area (Å²) in [7, 11) is 0. The summed E-state index contributed by atoms with van der Waals surface area (Å²) in [5.41, 5.74) is 3.27. The van der Waals surface area contributed by atoms with Gasteiger partial charge in [0.05, 0.1) is 11.7 Å². The first-order valence-corrected chi connectivity index (χ1v) is 11.7. The number of carbonyl (C=O) groups is 1. The van der Waals surface area contributed by atoms with Crippen LogP contribution < -0.4 is 4.74 Å². The van der Waals surface area contributed by atoms with Crippen molar-refractivity contribution in [2.75, 3.05) is 19.6 Å². The second-order valence-electron chi connectivity index (χ2n) is 8.83. The van der Waals surface area contributed by atoms with E-state index in [0.717, 1.165) is 68.1 Å². The second kappa shape index (κ2) is 9.70. The number of nitrogens with zero attached hydrogens (tertiary/aromatic N) is 5. The SMILES string of the molecule is Cc1nonc1[C@H]1CCCN1C(=O)c1ccc(OC2CCN(Cc3ccccn3)CC2)cc1. The van der Waals surface area contributed by atoms with Crippen LogP contribution in [-0.4, -0.2) is 56.7 Å². The molecule has 0 bridgehead atoms. The maximum atomic E-state index is 13.1. The number of hydrogen-bond donors (Lipinski definition) is 0. The van der Waals surface area contributed by atoms with E-state index in [2.05, 4.69) is 26.3 Å². The topological polar surface area (TPSA) is 84.6 Å². The molecule has 0 N–H and O–H groups in total. The Morgan fingerprint density at radius 3 is 2.58 bits per heavy atom. The van der Waals surface area contributed by atoms with E-state index in [0.29, 0.717) is 12.1 Å². The fourth-order valence-electron chi connectivity index (χ4n) is 4.77.